The van der Waals surface area contributed by atoms with E-state index in [1.54, 1.807) is 7.11 Å². The molecule has 0 amide bonds. The molecule has 0 N–H and O–H groups in total. The maximum atomic E-state index is 10.8. The molecule has 0 fully saturated rings. The third-order valence-electron chi connectivity index (χ3n) is 2.20. The predicted molar refractivity (Wildman–Crippen MR) is 59.8 cm³/mol. The zero-order valence-electron chi connectivity index (χ0n) is 8.29. The van der Waals surface area contributed by atoms with Gasteiger partial charge in [-0.1, -0.05) is 22.9 Å². The lowest BCUT2D eigenvalue weighted by Crippen LogP contribution is -2.01. The molecule has 0 bridgehead atoms. The van der Waals surface area contributed by atoms with Crippen molar-refractivity contribution >= 4 is 22.2 Å². The standard InChI is InChI=1S/C11H13BrO2/c1-3-8(7-13)10-6-9(12)4-5-11(10)14-2/h4-8H,3H2,1-2H3. The molecule has 0 aliphatic rings. The van der Waals surface area contributed by atoms with Gasteiger partial charge >= 0.3 is 0 Å². The summed E-state index contributed by atoms with van der Waals surface area (Å²) in [4.78, 5) is 10.8. The van der Waals surface area contributed by atoms with Crippen LogP contribution in [0.1, 0.15) is 24.8 Å². The number of halogens is 1. The molecule has 0 spiro atoms. The number of hydrogen-bond donors (Lipinski definition) is 0. The van der Waals surface area contributed by atoms with Crippen LogP contribution in [0.2, 0.25) is 0 Å². The number of carbonyl (C=O) groups excluding carboxylic acids is 1. The molecule has 0 saturated carbocycles. The van der Waals surface area contributed by atoms with Gasteiger partial charge in [0.05, 0.1) is 7.11 Å². The first-order valence-corrected chi connectivity index (χ1v) is 5.31. The van der Waals surface area contributed by atoms with Crippen LogP contribution in [0.4, 0.5) is 0 Å². The SMILES string of the molecule is CCC(C=O)c1cc(Br)ccc1OC. The Bertz CT molecular complexity index is 323. The Balaban J connectivity index is 3.14. The van der Waals surface area contributed by atoms with E-state index in [1.807, 2.05) is 25.1 Å². The number of carbonyl (C=O) groups is 1. The van der Waals surface area contributed by atoms with E-state index in [1.165, 1.54) is 0 Å². The molecule has 14 heavy (non-hydrogen) atoms. The topological polar surface area (TPSA) is 26.3 Å². The third-order valence-corrected chi connectivity index (χ3v) is 2.69. The van der Waals surface area contributed by atoms with E-state index in [2.05, 4.69) is 15.9 Å². The fourth-order valence-electron chi connectivity index (χ4n) is 1.38. The summed E-state index contributed by atoms with van der Waals surface area (Å²) in [6.45, 7) is 1.99. The fraction of sp³-hybridized carbons (Fsp3) is 0.364. The highest BCUT2D eigenvalue weighted by molar-refractivity contribution is 9.10. The highest BCUT2D eigenvalue weighted by atomic mass is 79.9. The number of benzene rings is 1. The minimum atomic E-state index is -0.0811. The van der Waals surface area contributed by atoms with Crippen LogP contribution in [0.25, 0.3) is 0 Å². The van der Waals surface area contributed by atoms with Gasteiger partial charge in [0.15, 0.2) is 0 Å². The van der Waals surface area contributed by atoms with Crippen LogP contribution in [0.15, 0.2) is 22.7 Å². The molecule has 2 nitrogen and oxygen atoms in total. The summed E-state index contributed by atoms with van der Waals surface area (Å²) >= 11 is 3.38. The van der Waals surface area contributed by atoms with Crippen LogP contribution in [-0.4, -0.2) is 13.4 Å². The van der Waals surface area contributed by atoms with Crippen LogP contribution in [-0.2, 0) is 4.79 Å². The van der Waals surface area contributed by atoms with Crippen LogP contribution in [0.3, 0.4) is 0 Å². The molecule has 1 aromatic rings. The second-order valence-electron chi connectivity index (χ2n) is 3.04. The number of methoxy groups -OCH3 is 1. The number of hydrogen-bond acceptors (Lipinski definition) is 2. The summed E-state index contributed by atoms with van der Waals surface area (Å²) in [6, 6.07) is 5.70. The van der Waals surface area contributed by atoms with Crippen LogP contribution >= 0.6 is 15.9 Å². The Kier molecular flexibility index (Phi) is 4.14. The average molecular weight is 257 g/mol. The third kappa shape index (κ3) is 2.35. The van der Waals surface area contributed by atoms with Crippen molar-refractivity contribution in [3.8, 4) is 5.75 Å². The van der Waals surface area contributed by atoms with Crippen molar-refractivity contribution in [1.29, 1.82) is 0 Å². The van der Waals surface area contributed by atoms with Gasteiger partial charge < -0.3 is 9.53 Å². The van der Waals surface area contributed by atoms with Crippen LogP contribution in [0, 0.1) is 0 Å². The van der Waals surface area contributed by atoms with Crippen molar-refractivity contribution in [2.75, 3.05) is 7.11 Å². The highest BCUT2D eigenvalue weighted by Gasteiger charge is 2.13. The Morgan fingerprint density at radius 1 is 1.57 bits per heavy atom. The molecule has 3 heteroatoms. The lowest BCUT2D eigenvalue weighted by molar-refractivity contribution is -0.109. The van der Waals surface area contributed by atoms with E-state index in [0.29, 0.717) is 0 Å². The smallest absolute Gasteiger partial charge is 0.127 e. The molecule has 0 heterocycles. The van der Waals surface area contributed by atoms with E-state index in [0.717, 1.165) is 28.5 Å². The molecule has 1 aromatic carbocycles. The zero-order chi connectivity index (χ0) is 10.6. The lowest BCUT2D eigenvalue weighted by atomic mass is 9.97. The molecule has 0 aliphatic carbocycles. The normalized spacial score (nSPS) is 12.2. The van der Waals surface area contributed by atoms with Crippen LogP contribution in [0.5, 0.6) is 5.75 Å². The van der Waals surface area contributed by atoms with Gasteiger partial charge in [-0.3, -0.25) is 0 Å². The fourth-order valence-corrected chi connectivity index (χ4v) is 1.76. The Labute approximate surface area is 92.4 Å². The van der Waals surface area contributed by atoms with E-state index in [9.17, 15) is 4.79 Å². The first-order chi connectivity index (χ1) is 6.72. The summed E-state index contributed by atoms with van der Waals surface area (Å²) in [7, 11) is 1.62. The van der Waals surface area contributed by atoms with Crippen molar-refractivity contribution in [3.63, 3.8) is 0 Å². The minimum Gasteiger partial charge on any atom is -0.496 e. The molecule has 1 atom stereocenters. The largest absolute Gasteiger partial charge is 0.496 e. The highest BCUT2D eigenvalue weighted by Crippen LogP contribution is 2.30. The second-order valence-corrected chi connectivity index (χ2v) is 3.95. The van der Waals surface area contributed by atoms with Crippen molar-refractivity contribution in [2.24, 2.45) is 0 Å². The van der Waals surface area contributed by atoms with Crippen molar-refractivity contribution in [1.82, 2.24) is 0 Å². The van der Waals surface area contributed by atoms with Gasteiger partial charge in [-0.25, -0.2) is 0 Å². The quantitative estimate of drug-likeness (QED) is 0.774. The summed E-state index contributed by atoms with van der Waals surface area (Å²) in [5, 5.41) is 0. The van der Waals surface area contributed by atoms with E-state index in [-0.39, 0.29) is 5.92 Å². The van der Waals surface area contributed by atoms with E-state index < -0.39 is 0 Å². The van der Waals surface area contributed by atoms with Crippen molar-refractivity contribution in [2.45, 2.75) is 19.3 Å². The maximum absolute atomic E-state index is 10.8. The van der Waals surface area contributed by atoms with Crippen LogP contribution < -0.4 is 4.74 Å². The molecule has 0 aromatic heterocycles. The molecular formula is C11H13BrO2. The lowest BCUT2D eigenvalue weighted by Gasteiger charge is -2.13. The minimum absolute atomic E-state index is 0.0811. The first-order valence-electron chi connectivity index (χ1n) is 4.51. The number of rotatable bonds is 4. The Morgan fingerprint density at radius 2 is 2.29 bits per heavy atom. The van der Waals surface area contributed by atoms with Gasteiger partial charge in [0.1, 0.15) is 12.0 Å². The van der Waals surface area contributed by atoms with Gasteiger partial charge in [-0.05, 0) is 24.6 Å². The van der Waals surface area contributed by atoms with Crippen molar-refractivity contribution in [3.05, 3.63) is 28.2 Å². The zero-order valence-corrected chi connectivity index (χ0v) is 9.87. The van der Waals surface area contributed by atoms with E-state index in [4.69, 9.17) is 4.74 Å². The molecule has 1 rings (SSSR count). The first kappa shape index (κ1) is 11.2. The monoisotopic (exact) mass is 256 g/mol. The second kappa shape index (κ2) is 5.15. The summed E-state index contributed by atoms with van der Waals surface area (Å²) in [5.74, 6) is 0.689. The Morgan fingerprint density at radius 3 is 2.79 bits per heavy atom. The van der Waals surface area contributed by atoms with Gasteiger partial charge in [-0.15, -0.1) is 0 Å². The van der Waals surface area contributed by atoms with Gasteiger partial charge in [-0.2, -0.15) is 0 Å². The molecule has 76 valence electrons. The molecule has 1 unspecified atom stereocenters. The molecule has 0 saturated heterocycles. The molecular weight excluding hydrogens is 244 g/mol. The number of ether oxygens (including phenoxy) is 1. The average Bonchev–Trinajstić information content (AvgIpc) is 2.20. The summed E-state index contributed by atoms with van der Waals surface area (Å²) in [5.41, 5.74) is 0.944. The van der Waals surface area contributed by atoms with Gasteiger partial charge in [0.2, 0.25) is 0 Å². The summed E-state index contributed by atoms with van der Waals surface area (Å²) in [6.07, 6.45) is 1.75. The predicted octanol–water partition coefficient (Wildman–Crippen LogP) is 3.15. The van der Waals surface area contributed by atoms with E-state index >= 15 is 0 Å². The van der Waals surface area contributed by atoms with Gasteiger partial charge in [0, 0.05) is 16.0 Å². The molecule has 0 aliphatic heterocycles. The summed E-state index contributed by atoms with van der Waals surface area (Å²) < 4.78 is 6.17. The maximum Gasteiger partial charge on any atom is 0.127 e. The number of aldehydes is 1. The van der Waals surface area contributed by atoms with Gasteiger partial charge in [0.25, 0.3) is 0 Å². The molecule has 0 radical (unpaired) electrons. The van der Waals surface area contributed by atoms with Crippen molar-refractivity contribution < 1.29 is 9.53 Å². The Hall–Kier alpha value is -0.830.